The van der Waals surface area contributed by atoms with Gasteiger partial charge in [-0.15, -0.1) is 0 Å². The highest BCUT2D eigenvalue weighted by molar-refractivity contribution is 5.74. The number of hydrogen-bond acceptors (Lipinski definition) is 2. The van der Waals surface area contributed by atoms with Gasteiger partial charge in [-0.05, 0) is 24.5 Å². The Morgan fingerprint density at radius 3 is 3.17 bits per heavy atom. The van der Waals surface area contributed by atoms with Crippen molar-refractivity contribution in [1.29, 1.82) is 0 Å². The monoisotopic (exact) mass is 162 g/mol. The standard InChI is InChI=1S/C10H10O2/c11-10-7-6-8-4-2-1-3-5-9(8)12-10/h1,3-5H,2,6-7H2. The number of ether oxygens (including phenoxy) is 1. The Kier molecular flexibility index (Phi) is 1.82. The van der Waals surface area contributed by atoms with Crippen molar-refractivity contribution in [2.24, 2.45) is 0 Å². The van der Waals surface area contributed by atoms with E-state index in [-0.39, 0.29) is 5.97 Å². The predicted molar refractivity (Wildman–Crippen MR) is 45.2 cm³/mol. The summed E-state index contributed by atoms with van der Waals surface area (Å²) >= 11 is 0. The van der Waals surface area contributed by atoms with Gasteiger partial charge in [0.2, 0.25) is 0 Å². The van der Waals surface area contributed by atoms with Crippen molar-refractivity contribution >= 4 is 5.97 Å². The molecule has 0 aromatic carbocycles. The summed E-state index contributed by atoms with van der Waals surface area (Å²) in [5.41, 5.74) is 1.17. The Morgan fingerprint density at radius 1 is 1.33 bits per heavy atom. The molecular formula is C10H10O2. The van der Waals surface area contributed by atoms with Gasteiger partial charge in [0, 0.05) is 0 Å². The number of allylic oxidation sites excluding steroid dienone is 5. The summed E-state index contributed by atoms with van der Waals surface area (Å²) in [5, 5.41) is 0. The molecule has 0 amide bonds. The van der Waals surface area contributed by atoms with Crippen LogP contribution in [0.4, 0.5) is 0 Å². The Hall–Kier alpha value is -1.31. The first-order valence-electron chi connectivity index (χ1n) is 4.13. The lowest BCUT2D eigenvalue weighted by Gasteiger charge is -2.16. The van der Waals surface area contributed by atoms with Gasteiger partial charge >= 0.3 is 5.97 Å². The van der Waals surface area contributed by atoms with Crippen LogP contribution in [0.2, 0.25) is 0 Å². The van der Waals surface area contributed by atoms with Crippen LogP contribution in [0.1, 0.15) is 19.3 Å². The third-order valence-electron chi connectivity index (χ3n) is 2.02. The van der Waals surface area contributed by atoms with Crippen molar-refractivity contribution in [1.82, 2.24) is 0 Å². The lowest BCUT2D eigenvalue weighted by Crippen LogP contribution is -2.12. The SMILES string of the molecule is O=C1CCC2=CCC=CC=C2O1. The molecule has 2 heteroatoms. The molecular weight excluding hydrogens is 152 g/mol. The maximum Gasteiger partial charge on any atom is 0.311 e. The first kappa shape index (κ1) is 7.35. The van der Waals surface area contributed by atoms with Crippen LogP contribution < -0.4 is 0 Å². The summed E-state index contributed by atoms with van der Waals surface area (Å²) in [5.74, 6) is 0.619. The lowest BCUT2D eigenvalue weighted by atomic mass is 10.1. The van der Waals surface area contributed by atoms with Gasteiger partial charge in [-0.1, -0.05) is 18.2 Å². The van der Waals surface area contributed by atoms with Crippen LogP contribution in [0.25, 0.3) is 0 Å². The molecule has 1 heterocycles. The summed E-state index contributed by atoms with van der Waals surface area (Å²) in [4.78, 5) is 10.9. The quantitative estimate of drug-likeness (QED) is 0.510. The van der Waals surface area contributed by atoms with E-state index < -0.39 is 0 Å². The van der Waals surface area contributed by atoms with Gasteiger partial charge in [0.1, 0.15) is 5.76 Å². The molecule has 0 radical (unpaired) electrons. The molecule has 0 spiro atoms. The van der Waals surface area contributed by atoms with Gasteiger partial charge in [0.05, 0.1) is 6.42 Å². The van der Waals surface area contributed by atoms with E-state index in [9.17, 15) is 4.79 Å². The average Bonchev–Trinajstić information content (AvgIpc) is 2.28. The van der Waals surface area contributed by atoms with Crippen LogP contribution in [-0.4, -0.2) is 5.97 Å². The van der Waals surface area contributed by atoms with Crippen molar-refractivity contribution in [2.45, 2.75) is 19.3 Å². The van der Waals surface area contributed by atoms with Crippen molar-refractivity contribution in [3.8, 4) is 0 Å². The fraction of sp³-hybridized carbons (Fsp3) is 0.300. The molecule has 12 heavy (non-hydrogen) atoms. The normalized spacial score (nSPS) is 21.8. The van der Waals surface area contributed by atoms with Crippen LogP contribution in [0.5, 0.6) is 0 Å². The molecule has 0 aromatic rings. The Labute approximate surface area is 71.2 Å². The van der Waals surface area contributed by atoms with Crippen LogP contribution in [0, 0.1) is 0 Å². The zero-order chi connectivity index (χ0) is 8.39. The molecule has 0 aromatic heterocycles. The van der Waals surface area contributed by atoms with Crippen molar-refractivity contribution in [3.05, 3.63) is 35.6 Å². The number of carbonyl (C=O) groups is 1. The largest absolute Gasteiger partial charge is 0.426 e. The maximum atomic E-state index is 10.9. The molecule has 0 unspecified atom stereocenters. The predicted octanol–water partition coefficient (Wildman–Crippen LogP) is 2.09. The second-order valence-electron chi connectivity index (χ2n) is 2.90. The molecule has 1 saturated heterocycles. The van der Waals surface area contributed by atoms with E-state index in [0.29, 0.717) is 6.42 Å². The van der Waals surface area contributed by atoms with E-state index in [1.54, 1.807) is 0 Å². The minimum absolute atomic E-state index is 0.117. The molecule has 2 aliphatic rings. The van der Waals surface area contributed by atoms with Gasteiger partial charge in [-0.2, -0.15) is 0 Å². The van der Waals surface area contributed by atoms with E-state index in [4.69, 9.17) is 4.74 Å². The van der Waals surface area contributed by atoms with Crippen molar-refractivity contribution in [2.75, 3.05) is 0 Å². The van der Waals surface area contributed by atoms with Gasteiger partial charge < -0.3 is 4.74 Å². The molecule has 0 bridgehead atoms. The lowest BCUT2D eigenvalue weighted by molar-refractivity contribution is -0.140. The summed E-state index contributed by atoms with van der Waals surface area (Å²) < 4.78 is 5.07. The van der Waals surface area contributed by atoms with Crippen LogP contribution >= 0.6 is 0 Å². The summed E-state index contributed by atoms with van der Waals surface area (Å²) in [6, 6.07) is 0. The van der Waals surface area contributed by atoms with E-state index in [0.717, 1.165) is 18.6 Å². The van der Waals surface area contributed by atoms with Crippen molar-refractivity contribution < 1.29 is 9.53 Å². The third kappa shape index (κ3) is 1.33. The highest BCUT2D eigenvalue weighted by atomic mass is 16.5. The molecule has 0 saturated carbocycles. The Balaban J connectivity index is 2.28. The molecule has 1 aliphatic carbocycles. The third-order valence-corrected chi connectivity index (χ3v) is 2.02. The number of carbonyl (C=O) groups excluding carboxylic acids is 1. The zero-order valence-corrected chi connectivity index (χ0v) is 6.75. The highest BCUT2D eigenvalue weighted by Crippen LogP contribution is 2.26. The smallest absolute Gasteiger partial charge is 0.311 e. The number of esters is 1. The van der Waals surface area contributed by atoms with E-state index >= 15 is 0 Å². The second-order valence-corrected chi connectivity index (χ2v) is 2.90. The first-order chi connectivity index (χ1) is 5.86. The van der Waals surface area contributed by atoms with Crippen LogP contribution in [0.15, 0.2) is 35.6 Å². The summed E-state index contributed by atoms with van der Waals surface area (Å²) in [7, 11) is 0. The van der Waals surface area contributed by atoms with Gasteiger partial charge in [-0.3, -0.25) is 4.79 Å². The first-order valence-corrected chi connectivity index (χ1v) is 4.13. The zero-order valence-electron chi connectivity index (χ0n) is 6.75. The number of hydrogen-bond donors (Lipinski definition) is 0. The van der Waals surface area contributed by atoms with Crippen LogP contribution in [-0.2, 0) is 9.53 Å². The second kappa shape index (κ2) is 2.97. The molecule has 2 rings (SSSR count). The molecule has 1 aliphatic heterocycles. The molecule has 1 fully saturated rings. The van der Waals surface area contributed by atoms with Crippen LogP contribution in [0.3, 0.4) is 0 Å². The van der Waals surface area contributed by atoms with Gasteiger partial charge in [0.15, 0.2) is 0 Å². The molecule has 0 N–H and O–H groups in total. The highest BCUT2D eigenvalue weighted by Gasteiger charge is 2.18. The maximum absolute atomic E-state index is 10.9. The average molecular weight is 162 g/mol. The number of rotatable bonds is 0. The van der Waals surface area contributed by atoms with Crippen molar-refractivity contribution in [3.63, 3.8) is 0 Å². The minimum atomic E-state index is -0.117. The van der Waals surface area contributed by atoms with E-state index in [1.165, 1.54) is 5.57 Å². The topological polar surface area (TPSA) is 26.3 Å². The molecule has 0 atom stereocenters. The van der Waals surface area contributed by atoms with Gasteiger partial charge in [0.25, 0.3) is 0 Å². The van der Waals surface area contributed by atoms with E-state index in [1.807, 2.05) is 18.2 Å². The fourth-order valence-electron chi connectivity index (χ4n) is 1.39. The fourth-order valence-corrected chi connectivity index (χ4v) is 1.39. The van der Waals surface area contributed by atoms with E-state index in [2.05, 4.69) is 6.08 Å². The minimum Gasteiger partial charge on any atom is -0.426 e. The molecule has 62 valence electrons. The Morgan fingerprint density at radius 2 is 2.25 bits per heavy atom. The Bertz CT molecular complexity index is 295. The summed E-state index contributed by atoms with van der Waals surface area (Å²) in [6.07, 6.45) is 10.2. The summed E-state index contributed by atoms with van der Waals surface area (Å²) in [6.45, 7) is 0. The molecule has 2 nitrogen and oxygen atoms in total. The van der Waals surface area contributed by atoms with Gasteiger partial charge in [-0.25, -0.2) is 0 Å². The number of fused-ring (bicyclic) bond motifs is 1.